The lowest BCUT2D eigenvalue weighted by Crippen LogP contribution is -2.21. The van der Waals surface area contributed by atoms with Crippen molar-refractivity contribution in [3.05, 3.63) is 35.4 Å². The Hall–Kier alpha value is -1.11. The largest absolute Gasteiger partial charge is 0.416 e. The van der Waals surface area contributed by atoms with E-state index in [-0.39, 0.29) is 12.3 Å². The van der Waals surface area contributed by atoms with E-state index in [1.54, 1.807) is 6.07 Å². The Morgan fingerprint density at radius 1 is 1.33 bits per heavy atom. The van der Waals surface area contributed by atoms with Gasteiger partial charge in [-0.05, 0) is 11.6 Å². The van der Waals surface area contributed by atoms with Crippen LogP contribution in [0.5, 0.6) is 0 Å². The van der Waals surface area contributed by atoms with E-state index in [4.69, 9.17) is 0 Å². The van der Waals surface area contributed by atoms with E-state index in [0.29, 0.717) is 0 Å². The summed E-state index contributed by atoms with van der Waals surface area (Å²) in [5, 5.41) is 2.70. The summed E-state index contributed by atoms with van der Waals surface area (Å²) in [6, 6.07) is 5.31. The zero-order chi connectivity index (χ0) is 10.9. The van der Waals surface area contributed by atoms with E-state index in [2.05, 4.69) is 15.6 Å². The number of nitrogens with one attached hydrogen (secondary N) is 1. The molecule has 0 aromatic heterocycles. The molecule has 1 aromatic rings. The average Bonchev–Trinajstić information content (AvgIpc) is 2.69. The highest BCUT2D eigenvalue weighted by Gasteiger charge is 2.36. The quantitative estimate of drug-likeness (QED) is 0.778. The fraction of sp³-hybridized carbons (Fsp3) is 0.333. The van der Waals surface area contributed by atoms with Gasteiger partial charge in [0.25, 0.3) is 0 Å². The number of rotatable bonds is 1. The van der Waals surface area contributed by atoms with E-state index in [1.165, 1.54) is 12.1 Å². The number of halogens is 3. The lowest BCUT2D eigenvalue weighted by Gasteiger charge is -2.15. The molecule has 15 heavy (non-hydrogen) atoms. The van der Waals surface area contributed by atoms with Crippen molar-refractivity contribution in [1.82, 2.24) is 10.8 Å². The van der Waals surface area contributed by atoms with Gasteiger partial charge in [0, 0.05) is 0 Å². The van der Waals surface area contributed by atoms with Gasteiger partial charge in [-0.3, -0.25) is 10.2 Å². The van der Waals surface area contributed by atoms with Gasteiger partial charge >= 0.3 is 6.18 Å². The number of hydroxylamine groups is 1. The van der Waals surface area contributed by atoms with Crippen molar-refractivity contribution < 1.29 is 18.0 Å². The molecule has 6 heteroatoms. The maximum absolute atomic E-state index is 12.6. The third kappa shape index (κ3) is 2.11. The molecule has 0 saturated carbocycles. The second kappa shape index (κ2) is 3.80. The van der Waals surface area contributed by atoms with Crippen molar-refractivity contribution in [3.63, 3.8) is 0 Å². The van der Waals surface area contributed by atoms with Crippen molar-refractivity contribution in [3.8, 4) is 0 Å². The van der Waals surface area contributed by atoms with E-state index in [9.17, 15) is 13.2 Å². The number of alkyl halides is 3. The molecule has 1 aliphatic rings. The molecule has 1 aromatic carbocycles. The molecule has 0 spiro atoms. The topological polar surface area (TPSA) is 35.4 Å². The SMILES string of the molecule is FC(F)(F)c1ccccc1C1[N]OCN1. The summed E-state index contributed by atoms with van der Waals surface area (Å²) in [6.07, 6.45) is -5.10. The van der Waals surface area contributed by atoms with E-state index in [0.717, 1.165) is 6.07 Å². The molecule has 0 amide bonds. The van der Waals surface area contributed by atoms with Crippen LogP contribution in [0.1, 0.15) is 17.3 Å². The molecular formula is C9H8F3N2O. The van der Waals surface area contributed by atoms with Gasteiger partial charge in [-0.15, -0.1) is 0 Å². The zero-order valence-corrected chi connectivity index (χ0v) is 7.58. The minimum atomic E-state index is -4.36. The smallest absolute Gasteiger partial charge is 0.270 e. The molecule has 1 unspecified atom stereocenters. The first kappa shape index (κ1) is 10.4. The molecule has 0 bridgehead atoms. The number of benzene rings is 1. The normalized spacial score (nSPS) is 21.9. The highest BCUT2D eigenvalue weighted by molar-refractivity contribution is 5.32. The van der Waals surface area contributed by atoms with Gasteiger partial charge in [-0.2, -0.15) is 13.2 Å². The standard InChI is InChI=1S/C9H8F3N2O/c10-9(11,12)7-4-2-1-3-6(7)8-13-5-15-14-8/h1-4,8,13H,5H2. The van der Waals surface area contributed by atoms with Crippen molar-refractivity contribution in [2.24, 2.45) is 0 Å². The van der Waals surface area contributed by atoms with Crippen LogP contribution in [0.15, 0.2) is 24.3 Å². The van der Waals surface area contributed by atoms with Crippen LogP contribution >= 0.6 is 0 Å². The first-order chi connectivity index (χ1) is 7.09. The maximum Gasteiger partial charge on any atom is 0.416 e. The third-order valence-electron chi connectivity index (χ3n) is 2.08. The fourth-order valence-corrected chi connectivity index (χ4v) is 1.43. The Kier molecular flexibility index (Phi) is 2.64. The van der Waals surface area contributed by atoms with Gasteiger partial charge < -0.3 is 0 Å². The zero-order valence-electron chi connectivity index (χ0n) is 7.58. The molecule has 1 atom stereocenters. The molecule has 3 nitrogen and oxygen atoms in total. The molecule has 1 fully saturated rings. The van der Waals surface area contributed by atoms with Gasteiger partial charge in [0.05, 0.1) is 5.56 Å². The second-order valence-electron chi connectivity index (χ2n) is 3.07. The van der Waals surface area contributed by atoms with Crippen LogP contribution in [0.4, 0.5) is 13.2 Å². The average molecular weight is 217 g/mol. The molecule has 1 aliphatic heterocycles. The summed E-state index contributed by atoms with van der Waals surface area (Å²) in [5.41, 5.74) is 2.97. The summed E-state index contributed by atoms with van der Waals surface area (Å²) in [4.78, 5) is 4.63. The molecule has 1 radical (unpaired) electrons. The van der Waals surface area contributed by atoms with Crippen LogP contribution in [-0.2, 0) is 11.0 Å². The molecule has 1 saturated heterocycles. The molecular weight excluding hydrogens is 209 g/mol. The maximum atomic E-state index is 12.6. The van der Waals surface area contributed by atoms with Gasteiger partial charge in [0.1, 0.15) is 12.9 Å². The first-order valence-electron chi connectivity index (χ1n) is 4.30. The number of hydrogen-bond acceptors (Lipinski definition) is 2. The van der Waals surface area contributed by atoms with E-state index < -0.39 is 17.9 Å². The van der Waals surface area contributed by atoms with Crippen molar-refractivity contribution >= 4 is 0 Å². The van der Waals surface area contributed by atoms with Crippen LogP contribution in [0, 0.1) is 0 Å². The van der Waals surface area contributed by atoms with Crippen LogP contribution in [0.25, 0.3) is 0 Å². The molecule has 1 N–H and O–H groups in total. The summed E-state index contributed by atoms with van der Waals surface area (Å²) >= 11 is 0. The number of nitrogens with zero attached hydrogens (tertiary/aromatic N) is 1. The Morgan fingerprint density at radius 3 is 2.67 bits per heavy atom. The Morgan fingerprint density at radius 2 is 2.07 bits per heavy atom. The van der Waals surface area contributed by atoms with Crippen LogP contribution < -0.4 is 10.8 Å². The Labute approximate surface area is 84.2 Å². The minimum Gasteiger partial charge on any atom is -0.270 e. The lowest BCUT2D eigenvalue weighted by molar-refractivity contribution is -0.138. The second-order valence-corrected chi connectivity index (χ2v) is 3.07. The Bertz CT molecular complexity index is 347. The summed E-state index contributed by atoms with van der Waals surface area (Å²) in [6.45, 7) is 0.136. The predicted molar refractivity (Wildman–Crippen MR) is 45.4 cm³/mol. The van der Waals surface area contributed by atoms with Gasteiger partial charge in [-0.25, -0.2) is 0 Å². The van der Waals surface area contributed by atoms with Crippen molar-refractivity contribution in [2.45, 2.75) is 12.3 Å². The summed E-state index contributed by atoms with van der Waals surface area (Å²) in [5.74, 6) is 0. The Balaban J connectivity index is 2.37. The van der Waals surface area contributed by atoms with Gasteiger partial charge in [0.15, 0.2) is 0 Å². The van der Waals surface area contributed by atoms with Crippen LogP contribution in [-0.4, -0.2) is 6.73 Å². The summed E-state index contributed by atoms with van der Waals surface area (Å²) < 4.78 is 37.8. The molecule has 81 valence electrons. The van der Waals surface area contributed by atoms with Gasteiger partial charge in [-0.1, -0.05) is 23.7 Å². The highest BCUT2D eigenvalue weighted by Crippen LogP contribution is 2.34. The fourth-order valence-electron chi connectivity index (χ4n) is 1.43. The lowest BCUT2D eigenvalue weighted by atomic mass is 10.1. The first-order valence-corrected chi connectivity index (χ1v) is 4.30. The summed E-state index contributed by atoms with van der Waals surface area (Å²) in [7, 11) is 0. The minimum absolute atomic E-state index is 0.0856. The highest BCUT2D eigenvalue weighted by atomic mass is 19.4. The molecule has 2 rings (SSSR count). The molecule has 1 heterocycles. The van der Waals surface area contributed by atoms with Crippen LogP contribution in [0.3, 0.4) is 0 Å². The van der Waals surface area contributed by atoms with Crippen molar-refractivity contribution in [2.75, 3.05) is 6.73 Å². The monoisotopic (exact) mass is 217 g/mol. The van der Waals surface area contributed by atoms with Crippen LogP contribution in [0.2, 0.25) is 0 Å². The van der Waals surface area contributed by atoms with E-state index in [1.807, 2.05) is 0 Å². The van der Waals surface area contributed by atoms with E-state index >= 15 is 0 Å². The third-order valence-corrected chi connectivity index (χ3v) is 2.08. The van der Waals surface area contributed by atoms with Crippen molar-refractivity contribution in [1.29, 1.82) is 0 Å². The van der Waals surface area contributed by atoms with Gasteiger partial charge in [0.2, 0.25) is 0 Å². The number of hydrogen-bond donors (Lipinski definition) is 1. The predicted octanol–water partition coefficient (Wildman–Crippen LogP) is 1.80. The molecule has 0 aliphatic carbocycles.